The van der Waals surface area contributed by atoms with E-state index in [0.29, 0.717) is 12.2 Å². The molecule has 0 aromatic rings. The fraction of sp³-hybridized carbons (Fsp3) is 1.00. The van der Waals surface area contributed by atoms with Crippen LogP contribution in [0.25, 0.3) is 0 Å². The lowest BCUT2D eigenvalue weighted by Crippen LogP contribution is -2.29. The van der Waals surface area contributed by atoms with Crippen LogP contribution in [0, 0.1) is 0 Å². The second-order valence-corrected chi connectivity index (χ2v) is 3.55. The Morgan fingerprint density at radius 2 is 1.92 bits per heavy atom. The SMILES string of the molecule is COCCCNCC(C)OC(C)C. The van der Waals surface area contributed by atoms with Gasteiger partial charge in [-0.3, -0.25) is 0 Å². The Kier molecular flexibility index (Phi) is 8.40. The van der Waals surface area contributed by atoms with Gasteiger partial charge >= 0.3 is 0 Å². The third-order valence-corrected chi connectivity index (χ3v) is 1.64. The average molecular weight is 189 g/mol. The van der Waals surface area contributed by atoms with Gasteiger partial charge in [-0.25, -0.2) is 0 Å². The molecule has 0 saturated carbocycles. The first-order chi connectivity index (χ1) is 6.16. The van der Waals surface area contributed by atoms with Crippen molar-refractivity contribution in [1.82, 2.24) is 5.32 Å². The maximum atomic E-state index is 5.56. The molecule has 3 heteroatoms. The van der Waals surface area contributed by atoms with Crippen LogP contribution >= 0.6 is 0 Å². The highest BCUT2D eigenvalue weighted by atomic mass is 16.5. The first kappa shape index (κ1) is 12.9. The molecule has 13 heavy (non-hydrogen) atoms. The molecule has 0 bridgehead atoms. The predicted octanol–water partition coefficient (Wildman–Crippen LogP) is 1.43. The summed E-state index contributed by atoms with van der Waals surface area (Å²) in [4.78, 5) is 0. The van der Waals surface area contributed by atoms with Gasteiger partial charge in [0.1, 0.15) is 0 Å². The molecule has 0 aromatic carbocycles. The number of hydrogen-bond donors (Lipinski definition) is 1. The number of ether oxygens (including phenoxy) is 2. The van der Waals surface area contributed by atoms with Crippen LogP contribution in [-0.2, 0) is 9.47 Å². The molecule has 0 radical (unpaired) electrons. The van der Waals surface area contributed by atoms with Crippen molar-refractivity contribution in [3.63, 3.8) is 0 Å². The minimum absolute atomic E-state index is 0.294. The van der Waals surface area contributed by atoms with Crippen LogP contribution in [0.2, 0.25) is 0 Å². The van der Waals surface area contributed by atoms with Crippen molar-refractivity contribution in [2.24, 2.45) is 0 Å². The second-order valence-electron chi connectivity index (χ2n) is 3.55. The molecule has 3 nitrogen and oxygen atoms in total. The quantitative estimate of drug-likeness (QED) is 0.586. The number of rotatable bonds is 8. The van der Waals surface area contributed by atoms with Gasteiger partial charge in [0.2, 0.25) is 0 Å². The van der Waals surface area contributed by atoms with Crippen LogP contribution < -0.4 is 5.32 Å². The minimum Gasteiger partial charge on any atom is -0.385 e. The lowest BCUT2D eigenvalue weighted by molar-refractivity contribution is 0.0194. The first-order valence-electron chi connectivity index (χ1n) is 5.02. The smallest absolute Gasteiger partial charge is 0.0674 e. The molecular formula is C10H23NO2. The Morgan fingerprint density at radius 1 is 1.23 bits per heavy atom. The molecule has 1 unspecified atom stereocenters. The van der Waals surface area contributed by atoms with Crippen LogP contribution in [0.5, 0.6) is 0 Å². The summed E-state index contributed by atoms with van der Waals surface area (Å²) in [7, 11) is 1.73. The van der Waals surface area contributed by atoms with Gasteiger partial charge in [-0.1, -0.05) is 0 Å². The normalized spacial score (nSPS) is 13.6. The molecule has 0 aliphatic heterocycles. The van der Waals surface area contributed by atoms with Crippen molar-refractivity contribution < 1.29 is 9.47 Å². The fourth-order valence-electron chi connectivity index (χ4n) is 1.16. The van der Waals surface area contributed by atoms with Crippen molar-refractivity contribution in [3.8, 4) is 0 Å². The highest BCUT2D eigenvalue weighted by molar-refractivity contribution is 4.56. The molecule has 0 aliphatic rings. The lowest BCUT2D eigenvalue weighted by Gasteiger charge is -2.16. The molecule has 0 aliphatic carbocycles. The molecule has 1 atom stereocenters. The molecule has 0 heterocycles. The summed E-state index contributed by atoms with van der Waals surface area (Å²) >= 11 is 0. The van der Waals surface area contributed by atoms with Crippen LogP contribution in [0.15, 0.2) is 0 Å². The zero-order valence-electron chi connectivity index (χ0n) is 9.30. The standard InChI is InChI=1S/C10H23NO2/c1-9(2)13-10(3)8-11-6-5-7-12-4/h9-11H,5-8H2,1-4H3. The highest BCUT2D eigenvalue weighted by Crippen LogP contribution is 1.95. The van der Waals surface area contributed by atoms with Crippen molar-refractivity contribution >= 4 is 0 Å². The van der Waals surface area contributed by atoms with Gasteiger partial charge in [0, 0.05) is 20.3 Å². The maximum absolute atomic E-state index is 5.56. The molecule has 0 aromatic heterocycles. The van der Waals surface area contributed by atoms with E-state index in [4.69, 9.17) is 9.47 Å². The largest absolute Gasteiger partial charge is 0.385 e. The monoisotopic (exact) mass is 189 g/mol. The van der Waals surface area contributed by atoms with Gasteiger partial charge < -0.3 is 14.8 Å². The van der Waals surface area contributed by atoms with E-state index in [2.05, 4.69) is 26.1 Å². The molecule has 0 amide bonds. The van der Waals surface area contributed by atoms with Crippen molar-refractivity contribution in [3.05, 3.63) is 0 Å². The van der Waals surface area contributed by atoms with Gasteiger partial charge in [-0.15, -0.1) is 0 Å². The third kappa shape index (κ3) is 9.80. The summed E-state index contributed by atoms with van der Waals surface area (Å²) in [5.74, 6) is 0. The van der Waals surface area contributed by atoms with Crippen molar-refractivity contribution in [1.29, 1.82) is 0 Å². The molecule has 0 fully saturated rings. The maximum Gasteiger partial charge on any atom is 0.0674 e. The van der Waals surface area contributed by atoms with E-state index in [1.54, 1.807) is 7.11 Å². The lowest BCUT2D eigenvalue weighted by atomic mass is 10.3. The van der Waals surface area contributed by atoms with Crippen LogP contribution in [0.4, 0.5) is 0 Å². The molecule has 1 N–H and O–H groups in total. The first-order valence-corrected chi connectivity index (χ1v) is 5.02. The van der Waals surface area contributed by atoms with E-state index in [1.165, 1.54) is 0 Å². The van der Waals surface area contributed by atoms with E-state index in [0.717, 1.165) is 26.1 Å². The second kappa shape index (κ2) is 8.48. The third-order valence-electron chi connectivity index (χ3n) is 1.64. The van der Waals surface area contributed by atoms with Crippen LogP contribution in [-0.4, -0.2) is 39.0 Å². The zero-order chi connectivity index (χ0) is 10.1. The summed E-state index contributed by atoms with van der Waals surface area (Å²) in [6.07, 6.45) is 1.67. The Balaban J connectivity index is 3.12. The highest BCUT2D eigenvalue weighted by Gasteiger charge is 2.02. The fourth-order valence-corrected chi connectivity index (χ4v) is 1.16. The summed E-state index contributed by atoms with van der Waals surface area (Å²) in [6.45, 7) is 8.94. The number of hydrogen-bond acceptors (Lipinski definition) is 3. The van der Waals surface area contributed by atoms with Gasteiger partial charge in [0.25, 0.3) is 0 Å². The average Bonchev–Trinajstić information content (AvgIpc) is 2.02. The summed E-state index contributed by atoms with van der Waals surface area (Å²) < 4.78 is 10.5. The van der Waals surface area contributed by atoms with E-state index >= 15 is 0 Å². The molecule has 0 rings (SSSR count). The Morgan fingerprint density at radius 3 is 2.46 bits per heavy atom. The van der Waals surface area contributed by atoms with E-state index in [1.807, 2.05) is 0 Å². The van der Waals surface area contributed by atoms with Crippen molar-refractivity contribution in [2.75, 3.05) is 26.8 Å². The summed E-state index contributed by atoms with van der Waals surface area (Å²) in [5.41, 5.74) is 0. The summed E-state index contributed by atoms with van der Waals surface area (Å²) in [5, 5.41) is 3.32. The predicted molar refractivity (Wildman–Crippen MR) is 55.0 cm³/mol. The van der Waals surface area contributed by atoms with E-state index in [-0.39, 0.29) is 0 Å². The number of methoxy groups -OCH3 is 1. The van der Waals surface area contributed by atoms with E-state index in [9.17, 15) is 0 Å². The van der Waals surface area contributed by atoms with Gasteiger partial charge in [-0.2, -0.15) is 0 Å². The van der Waals surface area contributed by atoms with Gasteiger partial charge in [0.15, 0.2) is 0 Å². The van der Waals surface area contributed by atoms with Crippen LogP contribution in [0.3, 0.4) is 0 Å². The van der Waals surface area contributed by atoms with Crippen molar-refractivity contribution in [2.45, 2.75) is 39.4 Å². The number of nitrogens with one attached hydrogen (secondary N) is 1. The minimum atomic E-state index is 0.294. The molecule has 80 valence electrons. The summed E-state index contributed by atoms with van der Waals surface area (Å²) in [6, 6.07) is 0. The molecule has 0 saturated heterocycles. The molecule has 0 spiro atoms. The zero-order valence-corrected chi connectivity index (χ0v) is 9.30. The Hall–Kier alpha value is -0.120. The topological polar surface area (TPSA) is 30.5 Å². The van der Waals surface area contributed by atoms with Gasteiger partial charge in [-0.05, 0) is 33.7 Å². The Bertz CT molecular complexity index is 107. The van der Waals surface area contributed by atoms with E-state index < -0.39 is 0 Å². The molecular weight excluding hydrogens is 166 g/mol. The van der Waals surface area contributed by atoms with Crippen LogP contribution in [0.1, 0.15) is 27.2 Å². The Labute approximate surface area is 81.8 Å². The van der Waals surface area contributed by atoms with Gasteiger partial charge in [0.05, 0.1) is 12.2 Å².